The molecule has 0 aliphatic rings. The van der Waals surface area contributed by atoms with Gasteiger partial charge in [0.25, 0.3) is 5.69 Å². The number of pyridine rings is 1. The average Bonchev–Trinajstić information content (AvgIpc) is 2.32. The van der Waals surface area contributed by atoms with Gasteiger partial charge in [0.05, 0.1) is 10.5 Å². The van der Waals surface area contributed by atoms with Gasteiger partial charge in [-0.3, -0.25) is 10.1 Å². The molecule has 0 aliphatic heterocycles. The number of hydrogen-bond acceptors (Lipinski definition) is 2. The van der Waals surface area contributed by atoms with Crippen LogP contribution in [0.15, 0.2) is 53.3 Å². The summed E-state index contributed by atoms with van der Waals surface area (Å²) in [5, 5.41) is 10.9. The van der Waals surface area contributed by atoms with Crippen LogP contribution in [0.1, 0.15) is 5.56 Å². The lowest BCUT2D eigenvalue weighted by Gasteiger charge is -2.00. The van der Waals surface area contributed by atoms with Gasteiger partial charge in [0.1, 0.15) is 0 Å². The van der Waals surface area contributed by atoms with Crippen LogP contribution in [0.5, 0.6) is 0 Å². The van der Waals surface area contributed by atoms with E-state index in [1.807, 2.05) is 41.2 Å². The first-order valence-corrected chi connectivity index (χ1v) is 5.83. The van der Waals surface area contributed by atoms with Crippen LogP contribution in [0.2, 0.25) is 0 Å². The zero-order valence-corrected chi connectivity index (χ0v) is 10.5. The summed E-state index contributed by atoms with van der Waals surface area (Å²) in [5.74, 6) is 0. The Hall–Kier alpha value is -1.75. The molecule has 0 unspecified atom stereocenters. The van der Waals surface area contributed by atoms with E-state index in [0.717, 1.165) is 0 Å². The summed E-state index contributed by atoms with van der Waals surface area (Å²) >= 11 is 3.24. The fourth-order valence-corrected chi connectivity index (χ4v) is 1.93. The highest BCUT2D eigenvalue weighted by Crippen LogP contribution is 2.23. The highest BCUT2D eigenvalue weighted by atomic mass is 79.9. The Kier molecular flexibility index (Phi) is 3.49. The number of benzene rings is 1. The minimum absolute atomic E-state index is 0.135. The lowest BCUT2D eigenvalue weighted by Crippen LogP contribution is -2.33. The first-order valence-electron chi connectivity index (χ1n) is 5.04. The Morgan fingerprint density at radius 1 is 1.24 bits per heavy atom. The molecule has 1 aromatic carbocycles. The highest BCUT2D eigenvalue weighted by molar-refractivity contribution is 9.10. The van der Waals surface area contributed by atoms with Gasteiger partial charge in [-0.2, -0.15) is 0 Å². The van der Waals surface area contributed by atoms with Crippen molar-refractivity contribution in [2.75, 3.05) is 0 Å². The molecule has 0 N–H and O–H groups in total. The fraction of sp³-hybridized carbons (Fsp3) is 0.0833. The maximum absolute atomic E-state index is 10.9. The second-order valence-electron chi connectivity index (χ2n) is 3.58. The van der Waals surface area contributed by atoms with Crippen LogP contribution in [0.3, 0.4) is 0 Å². The number of nitro benzene ring substituents is 1. The van der Waals surface area contributed by atoms with Crippen LogP contribution < -0.4 is 4.57 Å². The zero-order valence-electron chi connectivity index (χ0n) is 8.91. The van der Waals surface area contributed by atoms with E-state index in [9.17, 15) is 10.1 Å². The van der Waals surface area contributed by atoms with Crippen LogP contribution >= 0.6 is 15.9 Å². The summed E-state index contributed by atoms with van der Waals surface area (Å²) in [6.45, 7) is 0.491. The van der Waals surface area contributed by atoms with Crippen molar-refractivity contribution in [1.82, 2.24) is 0 Å². The van der Waals surface area contributed by atoms with Crippen LogP contribution in [-0.2, 0) is 6.54 Å². The molecule has 2 rings (SSSR count). The maximum Gasteiger partial charge on any atom is 0.280 e. The van der Waals surface area contributed by atoms with Gasteiger partial charge in [-0.05, 0) is 12.1 Å². The molecule has 0 bridgehead atoms. The van der Waals surface area contributed by atoms with Crippen molar-refractivity contribution in [2.24, 2.45) is 0 Å². The number of aromatic nitrogens is 1. The SMILES string of the molecule is O=[N+]([O-])c1cc(Br)ccc1C[n+]1ccccc1. The van der Waals surface area contributed by atoms with Crippen molar-refractivity contribution in [3.8, 4) is 0 Å². The van der Waals surface area contributed by atoms with Crippen molar-refractivity contribution >= 4 is 21.6 Å². The molecule has 0 spiro atoms. The van der Waals surface area contributed by atoms with E-state index in [1.54, 1.807) is 6.07 Å². The number of halogens is 1. The summed E-state index contributed by atoms with van der Waals surface area (Å²) in [7, 11) is 0. The van der Waals surface area contributed by atoms with Gasteiger partial charge in [-0.15, -0.1) is 0 Å². The largest absolute Gasteiger partial charge is 0.280 e. The molecule has 86 valence electrons. The zero-order chi connectivity index (χ0) is 12.3. The standard InChI is InChI=1S/C12H10BrN2O2/c13-11-5-4-10(12(8-11)15(16)17)9-14-6-2-1-3-7-14/h1-8H,9H2/q+1. The summed E-state index contributed by atoms with van der Waals surface area (Å²) in [5.41, 5.74) is 0.824. The van der Waals surface area contributed by atoms with Gasteiger partial charge in [-0.1, -0.05) is 22.0 Å². The molecule has 0 radical (unpaired) electrons. The first-order chi connectivity index (χ1) is 8.16. The highest BCUT2D eigenvalue weighted by Gasteiger charge is 2.17. The Bertz CT molecular complexity index is 543. The molecular weight excluding hydrogens is 284 g/mol. The molecule has 1 aromatic heterocycles. The van der Waals surface area contributed by atoms with Gasteiger partial charge in [0.2, 0.25) is 0 Å². The monoisotopic (exact) mass is 293 g/mol. The molecule has 17 heavy (non-hydrogen) atoms. The third-order valence-electron chi connectivity index (χ3n) is 2.37. The van der Waals surface area contributed by atoms with Crippen LogP contribution in [0.4, 0.5) is 5.69 Å². The van der Waals surface area contributed by atoms with Crippen molar-refractivity contribution in [1.29, 1.82) is 0 Å². The third-order valence-corrected chi connectivity index (χ3v) is 2.87. The average molecular weight is 294 g/mol. The smallest absolute Gasteiger partial charge is 0.258 e. The summed E-state index contributed by atoms with van der Waals surface area (Å²) < 4.78 is 2.61. The van der Waals surface area contributed by atoms with E-state index in [2.05, 4.69) is 15.9 Å². The minimum Gasteiger partial charge on any atom is -0.258 e. The van der Waals surface area contributed by atoms with Crippen molar-refractivity contribution < 1.29 is 9.49 Å². The van der Waals surface area contributed by atoms with Gasteiger partial charge >= 0.3 is 0 Å². The van der Waals surface area contributed by atoms with E-state index in [1.165, 1.54) is 6.07 Å². The summed E-state index contributed by atoms with van der Waals surface area (Å²) in [4.78, 5) is 10.6. The van der Waals surface area contributed by atoms with Crippen molar-refractivity contribution in [3.63, 3.8) is 0 Å². The van der Waals surface area contributed by atoms with Crippen molar-refractivity contribution in [3.05, 3.63) is 68.9 Å². The van der Waals surface area contributed by atoms with Crippen LogP contribution in [0.25, 0.3) is 0 Å². The van der Waals surface area contributed by atoms with E-state index < -0.39 is 0 Å². The van der Waals surface area contributed by atoms with Gasteiger partial charge in [-0.25, -0.2) is 4.57 Å². The molecule has 2 aromatic rings. The lowest BCUT2D eigenvalue weighted by molar-refractivity contribution is -0.688. The van der Waals surface area contributed by atoms with E-state index in [-0.39, 0.29) is 10.6 Å². The molecule has 0 saturated carbocycles. The van der Waals surface area contributed by atoms with E-state index in [4.69, 9.17) is 0 Å². The molecule has 4 nitrogen and oxygen atoms in total. The second kappa shape index (κ2) is 5.05. The third kappa shape index (κ3) is 2.88. The molecule has 0 aliphatic carbocycles. The fourth-order valence-electron chi connectivity index (χ4n) is 1.58. The van der Waals surface area contributed by atoms with Crippen LogP contribution in [-0.4, -0.2) is 4.92 Å². The number of nitro groups is 1. The summed E-state index contributed by atoms with van der Waals surface area (Å²) in [6, 6.07) is 10.8. The normalized spacial score (nSPS) is 10.2. The van der Waals surface area contributed by atoms with Crippen LogP contribution in [0, 0.1) is 10.1 Å². The Labute approximate surface area is 107 Å². The quantitative estimate of drug-likeness (QED) is 0.496. The molecule has 0 amide bonds. The number of rotatable bonds is 3. The number of hydrogen-bond donors (Lipinski definition) is 0. The number of nitrogens with zero attached hydrogens (tertiary/aromatic N) is 2. The predicted octanol–water partition coefficient (Wildman–Crippen LogP) is 2.69. The Morgan fingerprint density at radius 3 is 2.59 bits per heavy atom. The predicted molar refractivity (Wildman–Crippen MR) is 66.5 cm³/mol. The lowest BCUT2D eigenvalue weighted by atomic mass is 10.2. The molecule has 0 fully saturated rings. The minimum atomic E-state index is -0.358. The molecular formula is C12H10BrN2O2+. The van der Waals surface area contributed by atoms with E-state index in [0.29, 0.717) is 16.6 Å². The second-order valence-corrected chi connectivity index (χ2v) is 4.49. The Balaban J connectivity index is 2.36. The maximum atomic E-state index is 10.9. The van der Waals surface area contributed by atoms with Gasteiger partial charge in [0, 0.05) is 22.7 Å². The molecule has 0 atom stereocenters. The topological polar surface area (TPSA) is 47.0 Å². The molecule has 0 saturated heterocycles. The van der Waals surface area contributed by atoms with Gasteiger partial charge in [0.15, 0.2) is 18.9 Å². The van der Waals surface area contributed by atoms with E-state index >= 15 is 0 Å². The first kappa shape index (κ1) is 11.7. The Morgan fingerprint density at radius 2 is 1.94 bits per heavy atom. The molecule has 1 heterocycles. The summed E-state index contributed by atoms with van der Waals surface area (Å²) in [6.07, 6.45) is 3.76. The van der Waals surface area contributed by atoms with Crippen molar-refractivity contribution in [2.45, 2.75) is 6.54 Å². The van der Waals surface area contributed by atoms with Gasteiger partial charge < -0.3 is 0 Å². The molecule has 5 heteroatoms.